The molecule has 1 aromatic carbocycles. The Kier molecular flexibility index (Phi) is 4.83. The number of aromatic nitrogens is 2. The molecule has 132 valence electrons. The van der Waals surface area contributed by atoms with Crippen molar-refractivity contribution in [2.45, 2.75) is 57.0 Å². The van der Waals surface area contributed by atoms with Gasteiger partial charge in [0, 0.05) is 24.1 Å². The molecular weight excluding hydrogens is 312 g/mol. The summed E-state index contributed by atoms with van der Waals surface area (Å²) in [5, 5.41) is 7.39. The lowest BCUT2D eigenvalue weighted by molar-refractivity contribution is -0.121. The third kappa shape index (κ3) is 3.61. The number of nitrogens with zero attached hydrogens (tertiary/aromatic N) is 3. The minimum absolute atomic E-state index is 0.0245. The molecule has 1 N–H and O–H groups in total. The second-order valence-electron chi connectivity index (χ2n) is 7.18. The molecule has 1 amide bonds. The average Bonchev–Trinajstić information content (AvgIpc) is 3.34. The maximum atomic E-state index is 12.9. The number of benzene rings is 1. The van der Waals surface area contributed by atoms with E-state index in [4.69, 9.17) is 0 Å². The molecule has 5 nitrogen and oxygen atoms in total. The normalized spacial score (nSPS) is 22.2. The lowest BCUT2D eigenvalue weighted by atomic mass is 9.93. The van der Waals surface area contributed by atoms with E-state index in [1.807, 2.05) is 36.5 Å². The predicted octanol–water partition coefficient (Wildman–Crippen LogP) is 3.61. The molecule has 2 aromatic rings. The van der Waals surface area contributed by atoms with Gasteiger partial charge in [0.25, 0.3) is 0 Å². The number of anilines is 1. The van der Waals surface area contributed by atoms with Gasteiger partial charge in [0.05, 0.1) is 11.7 Å². The smallest absolute Gasteiger partial charge is 0.241 e. The summed E-state index contributed by atoms with van der Waals surface area (Å²) < 4.78 is 1.81. The summed E-state index contributed by atoms with van der Waals surface area (Å²) in [5.74, 6) is 0.140. The van der Waals surface area contributed by atoms with Crippen LogP contribution in [0.3, 0.4) is 0 Å². The zero-order valence-electron chi connectivity index (χ0n) is 14.6. The van der Waals surface area contributed by atoms with Gasteiger partial charge in [-0.3, -0.25) is 9.69 Å². The Morgan fingerprint density at radius 3 is 2.76 bits per heavy atom. The number of hydrogen-bond acceptors (Lipinski definition) is 3. The van der Waals surface area contributed by atoms with Crippen LogP contribution in [0.5, 0.6) is 0 Å². The quantitative estimate of drug-likeness (QED) is 0.926. The lowest BCUT2D eigenvalue weighted by Crippen LogP contribution is -2.46. The molecule has 0 bridgehead atoms. The van der Waals surface area contributed by atoms with Crippen molar-refractivity contribution in [1.82, 2.24) is 14.7 Å². The molecule has 5 heteroatoms. The van der Waals surface area contributed by atoms with Gasteiger partial charge < -0.3 is 5.32 Å². The molecule has 4 rings (SSSR count). The molecule has 1 saturated carbocycles. The molecule has 0 spiro atoms. The van der Waals surface area contributed by atoms with Gasteiger partial charge in [-0.2, -0.15) is 5.10 Å². The van der Waals surface area contributed by atoms with Gasteiger partial charge in [0.2, 0.25) is 5.91 Å². The van der Waals surface area contributed by atoms with Crippen molar-refractivity contribution in [3.8, 4) is 5.69 Å². The molecule has 1 aromatic heterocycles. The number of amides is 1. The Balaban J connectivity index is 1.45. The van der Waals surface area contributed by atoms with E-state index >= 15 is 0 Å². The van der Waals surface area contributed by atoms with Gasteiger partial charge in [0.1, 0.15) is 0 Å². The van der Waals surface area contributed by atoms with Gasteiger partial charge in [-0.25, -0.2) is 4.68 Å². The Hall–Kier alpha value is -2.14. The maximum Gasteiger partial charge on any atom is 0.241 e. The highest BCUT2D eigenvalue weighted by molar-refractivity contribution is 5.95. The van der Waals surface area contributed by atoms with Crippen LogP contribution in [0, 0.1) is 0 Å². The van der Waals surface area contributed by atoms with Crippen molar-refractivity contribution >= 4 is 11.6 Å². The van der Waals surface area contributed by atoms with E-state index in [1.165, 1.54) is 32.1 Å². The van der Waals surface area contributed by atoms with Crippen LogP contribution in [-0.4, -0.2) is 39.2 Å². The monoisotopic (exact) mass is 338 g/mol. The molecule has 1 aliphatic carbocycles. The number of likely N-dealkylation sites (tertiary alicyclic amines) is 1. The summed E-state index contributed by atoms with van der Waals surface area (Å²) >= 11 is 0. The minimum atomic E-state index is 0.0245. The van der Waals surface area contributed by atoms with E-state index in [9.17, 15) is 4.79 Å². The lowest BCUT2D eigenvalue weighted by Gasteiger charge is -2.34. The second-order valence-corrected chi connectivity index (χ2v) is 7.18. The molecule has 0 unspecified atom stereocenters. The highest BCUT2D eigenvalue weighted by atomic mass is 16.2. The summed E-state index contributed by atoms with van der Waals surface area (Å²) in [6.07, 6.45) is 12.2. The molecule has 1 atom stereocenters. The molecule has 2 fully saturated rings. The number of carbonyl (C=O) groups excluding carboxylic acids is 1. The predicted molar refractivity (Wildman–Crippen MR) is 98.8 cm³/mol. The third-order valence-corrected chi connectivity index (χ3v) is 5.52. The van der Waals surface area contributed by atoms with Gasteiger partial charge in [0.15, 0.2) is 0 Å². The van der Waals surface area contributed by atoms with E-state index in [1.54, 1.807) is 10.9 Å². The van der Waals surface area contributed by atoms with Gasteiger partial charge in [-0.1, -0.05) is 25.3 Å². The zero-order chi connectivity index (χ0) is 17.1. The highest BCUT2D eigenvalue weighted by Crippen LogP contribution is 2.29. The number of rotatable bonds is 4. The molecule has 25 heavy (non-hydrogen) atoms. The summed E-state index contributed by atoms with van der Waals surface area (Å²) in [5.41, 5.74) is 1.80. The van der Waals surface area contributed by atoms with E-state index in [2.05, 4.69) is 15.3 Å². The fourth-order valence-corrected chi connectivity index (χ4v) is 4.29. The second kappa shape index (κ2) is 7.40. The standard InChI is InChI=1S/C20H26N4O/c25-20(19-11-5-13-23(19)17-8-2-1-3-9-17)22-16-7-4-10-18(15-16)24-14-6-12-21-24/h4,6-7,10,12,14-15,17,19H,1-3,5,8-9,11,13H2,(H,22,25)/t19-/m1/s1. The van der Waals surface area contributed by atoms with Crippen molar-refractivity contribution in [2.24, 2.45) is 0 Å². The SMILES string of the molecule is O=C(Nc1cccc(-n2cccn2)c1)[C@H]1CCCN1C1CCCCC1. The van der Waals surface area contributed by atoms with Gasteiger partial charge >= 0.3 is 0 Å². The van der Waals surface area contributed by atoms with Crippen molar-refractivity contribution in [1.29, 1.82) is 0 Å². The van der Waals surface area contributed by atoms with Crippen LogP contribution < -0.4 is 5.32 Å². The van der Waals surface area contributed by atoms with E-state index < -0.39 is 0 Å². The Morgan fingerprint density at radius 1 is 1.08 bits per heavy atom. The van der Waals surface area contributed by atoms with Crippen LogP contribution in [0.4, 0.5) is 5.69 Å². The molecular formula is C20H26N4O. The van der Waals surface area contributed by atoms with Crippen molar-refractivity contribution < 1.29 is 4.79 Å². The first kappa shape index (κ1) is 16.3. The largest absolute Gasteiger partial charge is 0.325 e. The van der Waals surface area contributed by atoms with Crippen molar-refractivity contribution in [3.05, 3.63) is 42.7 Å². The molecule has 1 aliphatic heterocycles. The van der Waals surface area contributed by atoms with E-state index in [0.717, 1.165) is 30.8 Å². The highest BCUT2D eigenvalue weighted by Gasteiger charge is 2.35. The van der Waals surface area contributed by atoms with Crippen LogP contribution in [0.25, 0.3) is 5.69 Å². The Bertz CT molecular complexity index is 706. The van der Waals surface area contributed by atoms with E-state index in [-0.39, 0.29) is 11.9 Å². The van der Waals surface area contributed by atoms with Crippen molar-refractivity contribution in [3.63, 3.8) is 0 Å². The van der Waals surface area contributed by atoms with Gasteiger partial charge in [-0.05, 0) is 56.5 Å². The zero-order valence-corrected chi connectivity index (χ0v) is 14.6. The first-order valence-electron chi connectivity index (χ1n) is 9.48. The molecule has 0 radical (unpaired) electrons. The number of nitrogens with one attached hydrogen (secondary N) is 1. The topological polar surface area (TPSA) is 50.2 Å². The summed E-state index contributed by atoms with van der Waals surface area (Å²) in [7, 11) is 0. The first-order valence-corrected chi connectivity index (χ1v) is 9.48. The molecule has 1 saturated heterocycles. The molecule has 2 heterocycles. The van der Waals surface area contributed by atoms with Crippen molar-refractivity contribution in [2.75, 3.05) is 11.9 Å². The average molecular weight is 338 g/mol. The van der Waals surface area contributed by atoms with Gasteiger partial charge in [-0.15, -0.1) is 0 Å². The van der Waals surface area contributed by atoms with Crippen LogP contribution in [0.1, 0.15) is 44.9 Å². The third-order valence-electron chi connectivity index (χ3n) is 5.52. The molecule has 2 aliphatic rings. The number of carbonyl (C=O) groups is 1. The maximum absolute atomic E-state index is 12.9. The van der Waals surface area contributed by atoms with E-state index in [0.29, 0.717) is 6.04 Å². The van der Waals surface area contributed by atoms with Crippen LogP contribution >= 0.6 is 0 Å². The summed E-state index contributed by atoms with van der Waals surface area (Å²) in [6, 6.07) is 10.4. The first-order chi connectivity index (χ1) is 12.3. The van der Waals surface area contributed by atoms with Crippen LogP contribution in [0.15, 0.2) is 42.7 Å². The summed E-state index contributed by atoms with van der Waals surface area (Å²) in [4.78, 5) is 15.4. The Morgan fingerprint density at radius 2 is 1.96 bits per heavy atom. The minimum Gasteiger partial charge on any atom is -0.325 e. The Labute approximate surface area is 149 Å². The fourth-order valence-electron chi connectivity index (χ4n) is 4.29. The summed E-state index contributed by atoms with van der Waals surface area (Å²) in [6.45, 7) is 1.07. The van der Waals surface area contributed by atoms with Crippen LogP contribution in [0.2, 0.25) is 0 Å². The van der Waals surface area contributed by atoms with Crippen LogP contribution in [-0.2, 0) is 4.79 Å². The fraction of sp³-hybridized carbons (Fsp3) is 0.500. The number of hydrogen-bond donors (Lipinski definition) is 1.